The van der Waals surface area contributed by atoms with Crippen LogP contribution in [-0.4, -0.2) is 10.1 Å². The summed E-state index contributed by atoms with van der Waals surface area (Å²) in [6.07, 6.45) is -4.59. The molecule has 0 fully saturated rings. The predicted molar refractivity (Wildman–Crippen MR) is 100 cm³/mol. The summed E-state index contributed by atoms with van der Waals surface area (Å²) in [5, 5.41) is 3.76. The minimum Gasteiger partial charge on any atom is -0.356 e. The van der Waals surface area contributed by atoms with Crippen LogP contribution in [0.15, 0.2) is 77.3 Å². The molecule has 0 N–H and O–H groups in total. The van der Waals surface area contributed by atoms with Gasteiger partial charge in [-0.2, -0.15) is 13.2 Å². The first kappa shape index (κ1) is 18.0. The van der Waals surface area contributed by atoms with Gasteiger partial charge in [0.15, 0.2) is 5.76 Å². The van der Waals surface area contributed by atoms with Gasteiger partial charge in [-0.3, -0.25) is 0 Å². The maximum Gasteiger partial charge on any atom is 0.417 e. The average molecular weight is 380 g/mol. The van der Waals surface area contributed by atoms with Gasteiger partial charge in [0.05, 0.1) is 28.2 Å². The summed E-state index contributed by atoms with van der Waals surface area (Å²) < 4.78 is 47.3. The first-order valence-corrected chi connectivity index (χ1v) is 8.60. The lowest BCUT2D eigenvalue weighted by Crippen LogP contribution is -2.10. The van der Waals surface area contributed by atoms with Gasteiger partial charge >= 0.3 is 6.18 Å². The lowest BCUT2D eigenvalue weighted by atomic mass is 9.96. The molecule has 0 unspecified atom stereocenters. The highest BCUT2D eigenvalue weighted by atomic mass is 19.4. The van der Waals surface area contributed by atoms with Crippen molar-refractivity contribution in [3.8, 4) is 33.8 Å². The smallest absolute Gasteiger partial charge is 0.356 e. The number of hydrogen-bond acceptors (Lipinski definition) is 3. The summed E-state index contributed by atoms with van der Waals surface area (Å²) in [6.45, 7) is 1.66. The molecule has 0 bridgehead atoms. The Labute approximate surface area is 159 Å². The van der Waals surface area contributed by atoms with Gasteiger partial charge in [-0.05, 0) is 13.0 Å². The van der Waals surface area contributed by atoms with E-state index in [0.717, 1.165) is 6.07 Å². The van der Waals surface area contributed by atoms with Crippen LogP contribution in [0, 0.1) is 6.92 Å². The van der Waals surface area contributed by atoms with Crippen LogP contribution in [0.5, 0.6) is 0 Å². The van der Waals surface area contributed by atoms with Crippen molar-refractivity contribution >= 4 is 0 Å². The number of rotatable bonds is 3. The van der Waals surface area contributed by atoms with E-state index in [1.54, 1.807) is 67.6 Å². The Morgan fingerprint density at radius 3 is 1.96 bits per heavy atom. The number of hydrogen-bond donors (Lipinski definition) is 0. The Bertz CT molecular complexity index is 1100. The topological polar surface area (TPSA) is 38.9 Å². The van der Waals surface area contributed by atoms with E-state index in [1.165, 1.54) is 6.07 Å². The van der Waals surface area contributed by atoms with E-state index in [2.05, 4.69) is 10.1 Å². The van der Waals surface area contributed by atoms with Gasteiger partial charge in [0.1, 0.15) is 0 Å². The van der Waals surface area contributed by atoms with Crippen molar-refractivity contribution in [3.05, 3.63) is 84.1 Å². The molecule has 0 saturated heterocycles. The molecule has 6 heteroatoms. The molecule has 0 atom stereocenters. The fraction of sp³-hybridized carbons (Fsp3) is 0.0909. The van der Waals surface area contributed by atoms with Crippen molar-refractivity contribution < 1.29 is 17.7 Å². The molecule has 0 amide bonds. The molecular formula is C22H15F3N2O. The van der Waals surface area contributed by atoms with E-state index in [0.29, 0.717) is 16.8 Å². The molecular weight excluding hydrogens is 365 g/mol. The first-order chi connectivity index (χ1) is 13.4. The van der Waals surface area contributed by atoms with Crippen LogP contribution in [0.4, 0.5) is 13.2 Å². The van der Waals surface area contributed by atoms with Crippen LogP contribution in [0.1, 0.15) is 11.3 Å². The monoisotopic (exact) mass is 380 g/mol. The normalized spacial score (nSPS) is 11.6. The molecule has 0 aliphatic rings. The number of halogens is 3. The molecule has 4 rings (SSSR count). The van der Waals surface area contributed by atoms with Crippen molar-refractivity contribution in [3.63, 3.8) is 0 Å². The Balaban J connectivity index is 2.08. The van der Waals surface area contributed by atoms with Crippen molar-refractivity contribution in [1.82, 2.24) is 10.1 Å². The van der Waals surface area contributed by atoms with Crippen LogP contribution in [0.2, 0.25) is 0 Å². The molecule has 2 aromatic carbocycles. The van der Waals surface area contributed by atoms with E-state index in [1.807, 2.05) is 0 Å². The second-order valence-electron chi connectivity index (χ2n) is 6.34. The second-order valence-corrected chi connectivity index (χ2v) is 6.34. The van der Waals surface area contributed by atoms with Gasteiger partial charge in [-0.15, -0.1) is 0 Å². The fourth-order valence-electron chi connectivity index (χ4n) is 3.06. The number of pyridine rings is 1. The van der Waals surface area contributed by atoms with E-state index in [-0.39, 0.29) is 22.7 Å². The van der Waals surface area contributed by atoms with Gasteiger partial charge < -0.3 is 4.52 Å². The number of benzene rings is 2. The standard InChI is InChI=1S/C22H15F3N2O/c1-14-12-19(28-27-14)20-17(22(23,24)25)13-18(15-8-4-2-5-9-15)26-21(20)16-10-6-3-7-11-16/h2-13H,1H3. The fourth-order valence-corrected chi connectivity index (χ4v) is 3.06. The summed E-state index contributed by atoms with van der Waals surface area (Å²) in [6, 6.07) is 20.1. The van der Waals surface area contributed by atoms with E-state index in [4.69, 9.17) is 4.52 Å². The van der Waals surface area contributed by atoms with Crippen LogP contribution >= 0.6 is 0 Å². The first-order valence-electron chi connectivity index (χ1n) is 8.60. The molecule has 140 valence electrons. The van der Waals surface area contributed by atoms with Crippen LogP contribution < -0.4 is 0 Å². The lowest BCUT2D eigenvalue weighted by molar-refractivity contribution is -0.137. The van der Waals surface area contributed by atoms with Crippen LogP contribution in [-0.2, 0) is 6.18 Å². The second kappa shape index (κ2) is 6.96. The third kappa shape index (κ3) is 3.41. The molecule has 3 nitrogen and oxygen atoms in total. The molecule has 4 aromatic rings. The maximum absolute atomic E-state index is 14.0. The Hall–Kier alpha value is -3.41. The van der Waals surface area contributed by atoms with Crippen LogP contribution in [0.25, 0.3) is 33.8 Å². The molecule has 0 aliphatic heterocycles. The van der Waals surface area contributed by atoms with Gasteiger partial charge in [0.2, 0.25) is 0 Å². The van der Waals surface area contributed by atoms with Gasteiger partial charge in [0.25, 0.3) is 0 Å². The number of nitrogens with zero attached hydrogens (tertiary/aromatic N) is 2. The summed E-state index contributed by atoms with van der Waals surface area (Å²) in [7, 11) is 0. The van der Waals surface area contributed by atoms with Gasteiger partial charge in [-0.1, -0.05) is 65.8 Å². The molecule has 2 aromatic heterocycles. The minimum atomic E-state index is -4.59. The molecule has 2 heterocycles. The number of alkyl halides is 3. The molecule has 0 saturated carbocycles. The third-order valence-corrected chi connectivity index (χ3v) is 4.32. The zero-order chi connectivity index (χ0) is 19.7. The van der Waals surface area contributed by atoms with Crippen molar-refractivity contribution in [2.45, 2.75) is 13.1 Å². The Kier molecular flexibility index (Phi) is 4.47. The van der Waals surface area contributed by atoms with Gasteiger partial charge in [-0.25, -0.2) is 4.98 Å². The number of aryl methyl sites for hydroxylation is 1. The predicted octanol–water partition coefficient (Wildman–Crippen LogP) is 6.40. The average Bonchev–Trinajstić information content (AvgIpc) is 3.13. The van der Waals surface area contributed by atoms with E-state index < -0.39 is 11.7 Å². The minimum absolute atomic E-state index is 0.0378. The summed E-state index contributed by atoms with van der Waals surface area (Å²) in [5.41, 5.74) is 1.18. The molecule has 0 aliphatic carbocycles. The van der Waals surface area contributed by atoms with E-state index in [9.17, 15) is 13.2 Å². The largest absolute Gasteiger partial charge is 0.417 e. The molecule has 28 heavy (non-hydrogen) atoms. The highest BCUT2D eigenvalue weighted by Crippen LogP contribution is 2.43. The maximum atomic E-state index is 14.0. The number of aromatic nitrogens is 2. The van der Waals surface area contributed by atoms with Crippen molar-refractivity contribution in [2.24, 2.45) is 0 Å². The Morgan fingerprint density at radius 1 is 0.821 bits per heavy atom. The Morgan fingerprint density at radius 2 is 1.43 bits per heavy atom. The summed E-state index contributed by atoms with van der Waals surface area (Å²) in [4.78, 5) is 4.59. The SMILES string of the molecule is Cc1cc(-c2c(C(F)(F)F)cc(-c3ccccc3)nc2-c2ccccc2)on1. The van der Waals surface area contributed by atoms with Gasteiger partial charge in [0, 0.05) is 17.2 Å². The zero-order valence-electron chi connectivity index (χ0n) is 14.9. The highest BCUT2D eigenvalue weighted by molar-refractivity contribution is 5.84. The third-order valence-electron chi connectivity index (χ3n) is 4.32. The zero-order valence-corrected chi connectivity index (χ0v) is 14.9. The van der Waals surface area contributed by atoms with Crippen LogP contribution in [0.3, 0.4) is 0 Å². The summed E-state index contributed by atoms with van der Waals surface area (Å²) in [5.74, 6) is 0.0378. The van der Waals surface area contributed by atoms with Crippen molar-refractivity contribution in [2.75, 3.05) is 0 Å². The van der Waals surface area contributed by atoms with Crippen molar-refractivity contribution in [1.29, 1.82) is 0 Å². The molecule has 0 radical (unpaired) electrons. The quantitative estimate of drug-likeness (QED) is 0.413. The molecule has 0 spiro atoms. The highest BCUT2D eigenvalue weighted by Gasteiger charge is 2.37. The summed E-state index contributed by atoms with van der Waals surface area (Å²) >= 11 is 0. The van der Waals surface area contributed by atoms with E-state index >= 15 is 0 Å². The lowest BCUT2D eigenvalue weighted by Gasteiger charge is -2.17.